The number of rotatable bonds is 6. The van der Waals surface area contributed by atoms with E-state index < -0.39 is 0 Å². The molecule has 1 aromatic heterocycles. The summed E-state index contributed by atoms with van der Waals surface area (Å²) in [5.74, 6) is -0.464. The fraction of sp³-hybridized carbons (Fsp3) is 0.143. The van der Waals surface area contributed by atoms with Gasteiger partial charge in [-0.1, -0.05) is 53.4 Å². The lowest BCUT2D eigenvalue weighted by Gasteiger charge is -1.95. The van der Waals surface area contributed by atoms with Crippen molar-refractivity contribution in [1.82, 2.24) is 10.2 Å². The van der Waals surface area contributed by atoms with E-state index in [0.29, 0.717) is 9.47 Å². The van der Waals surface area contributed by atoms with Crippen LogP contribution in [0, 0.1) is 0 Å². The third-order valence-electron chi connectivity index (χ3n) is 2.40. The summed E-state index contributed by atoms with van der Waals surface area (Å²) < 4.78 is 5.13. The quantitative estimate of drug-likeness (QED) is 0.378. The van der Waals surface area contributed by atoms with Gasteiger partial charge in [0.05, 0.1) is 12.9 Å². The Morgan fingerprint density at radius 2 is 2.09 bits per heavy atom. The van der Waals surface area contributed by atoms with E-state index in [0.717, 1.165) is 5.56 Å². The van der Waals surface area contributed by atoms with Crippen molar-refractivity contribution >= 4 is 46.2 Å². The van der Waals surface area contributed by atoms with Gasteiger partial charge >= 0.3 is 5.97 Å². The minimum absolute atomic E-state index is 0.160. The number of ether oxygens (including phenoxy) is 1. The Labute approximate surface area is 135 Å². The highest BCUT2D eigenvalue weighted by atomic mass is 32.2. The monoisotopic (exact) mass is 335 g/mol. The Hall–Kier alpha value is -2.19. The minimum Gasteiger partial charge on any atom is -0.468 e. The number of carbonyl (C=O) groups excluding carboxylic acids is 2. The number of thioether (sulfide) groups is 1. The van der Waals surface area contributed by atoms with Crippen molar-refractivity contribution < 1.29 is 14.3 Å². The Morgan fingerprint density at radius 1 is 1.32 bits per heavy atom. The van der Waals surface area contributed by atoms with Crippen molar-refractivity contribution in [2.75, 3.05) is 18.2 Å². The molecule has 2 aromatic rings. The number of hydrogen-bond donors (Lipinski definition) is 1. The van der Waals surface area contributed by atoms with E-state index >= 15 is 0 Å². The molecular formula is C14H13N3O3S2. The first kappa shape index (κ1) is 16.2. The molecule has 1 aromatic carbocycles. The maximum Gasteiger partial charge on any atom is 0.316 e. The summed E-state index contributed by atoms with van der Waals surface area (Å²) in [6, 6.07) is 9.50. The van der Waals surface area contributed by atoms with E-state index in [9.17, 15) is 9.59 Å². The van der Waals surface area contributed by atoms with Crippen molar-refractivity contribution in [2.45, 2.75) is 4.34 Å². The summed E-state index contributed by atoms with van der Waals surface area (Å²) in [6.07, 6.45) is 3.14. The molecule has 0 fully saturated rings. The summed E-state index contributed by atoms with van der Waals surface area (Å²) in [4.78, 5) is 22.8. The standard InChI is InChI=1S/C14H13N3O3S2/c1-20-12(19)9-21-14-17-16-13(22-14)15-11(18)8-7-10-5-3-2-4-6-10/h2-8H,9H2,1H3,(H,15,16,18)/b8-7+. The largest absolute Gasteiger partial charge is 0.468 e. The SMILES string of the molecule is COC(=O)CSc1nnc(NC(=O)/C=C/c2ccccc2)s1. The molecule has 0 atom stereocenters. The number of nitrogens with one attached hydrogen (secondary N) is 1. The van der Waals surface area contributed by atoms with Crippen molar-refractivity contribution in [1.29, 1.82) is 0 Å². The predicted molar refractivity (Wildman–Crippen MR) is 86.8 cm³/mol. The summed E-state index contributed by atoms with van der Waals surface area (Å²) in [5.41, 5.74) is 0.934. The summed E-state index contributed by atoms with van der Waals surface area (Å²) >= 11 is 2.41. The maximum atomic E-state index is 11.8. The molecule has 1 heterocycles. The molecule has 114 valence electrons. The van der Waals surface area contributed by atoms with E-state index in [1.165, 1.54) is 36.3 Å². The number of methoxy groups -OCH3 is 1. The molecule has 22 heavy (non-hydrogen) atoms. The molecule has 1 amide bonds. The van der Waals surface area contributed by atoms with Crippen LogP contribution in [-0.4, -0.2) is 34.9 Å². The normalized spacial score (nSPS) is 10.6. The van der Waals surface area contributed by atoms with Crippen LogP contribution in [0.3, 0.4) is 0 Å². The second kappa shape index (κ2) is 8.30. The Kier molecular flexibility index (Phi) is 6.11. The zero-order chi connectivity index (χ0) is 15.8. The number of hydrogen-bond acceptors (Lipinski definition) is 7. The molecule has 6 nitrogen and oxygen atoms in total. The Bertz CT molecular complexity index is 671. The number of esters is 1. The van der Waals surface area contributed by atoms with Crippen molar-refractivity contribution in [3.63, 3.8) is 0 Å². The molecule has 0 aliphatic carbocycles. The van der Waals surface area contributed by atoms with Crippen molar-refractivity contribution in [3.05, 3.63) is 42.0 Å². The van der Waals surface area contributed by atoms with E-state index in [-0.39, 0.29) is 17.6 Å². The third kappa shape index (κ3) is 5.30. The number of amides is 1. The first-order chi connectivity index (χ1) is 10.7. The van der Waals surface area contributed by atoms with E-state index in [1.807, 2.05) is 30.3 Å². The molecule has 0 saturated heterocycles. The van der Waals surface area contributed by atoms with Gasteiger partial charge in [-0.25, -0.2) is 0 Å². The van der Waals surface area contributed by atoms with Gasteiger partial charge in [-0.3, -0.25) is 14.9 Å². The average Bonchev–Trinajstić information content (AvgIpc) is 2.99. The van der Waals surface area contributed by atoms with Crippen LogP contribution in [-0.2, 0) is 14.3 Å². The topological polar surface area (TPSA) is 81.2 Å². The predicted octanol–water partition coefficient (Wildman–Crippen LogP) is 2.46. The maximum absolute atomic E-state index is 11.8. The smallest absolute Gasteiger partial charge is 0.316 e. The fourth-order valence-electron chi connectivity index (χ4n) is 1.38. The average molecular weight is 335 g/mol. The number of aromatic nitrogens is 2. The molecule has 2 rings (SSSR count). The molecule has 0 aliphatic heterocycles. The highest BCUT2D eigenvalue weighted by molar-refractivity contribution is 8.01. The Balaban J connectivity index is 1.86. The summed E-state index contributed by atoms with van der Waals surface area (Å²) in [6.45, 7) is 0. The van der Waals surface area contributed by atoms with Gasteiger partial charge < -0.3 is 4.74 Å². The number of anilines is 1. The van der Waals surface area contributed by atoms with Crippen LogP contribution in [0.2, 0.25) is 0 Å². The lowest BCUT2D eigenvalue weighted by Crippen LogP contribution is -2.07. The molecule has 0 aliphatic rings. The zero-order valence-electron chi connectivity index (χ0n) is 11.7. The molecule has 8 heteroatoms. The lowest BCUT2D eigenvalue weighted by molar-refractivity contribution is -0.137. The zero-order valence-corrected chi connectivity index (χ0v) is 13.3. The molecular weight excluding hydrogens is 322 g/mol. The molecule has 0 bridgehead atoms. The second-order valence-electron chi connectivity index (χ2n) is 3.97. The van der Waals surface area contributed by atoms with Crippen LogP contribution >= 0.6 is 23.1 Å². The third-order valence-corrected chi connectivity index (χ3v) is 4.35. The molecule has 0 unspecified atom stereocenters. The van der Waals surface area contributed by atoms with Crippen LogP contribution in [0.1, 0.15) is 5.56 Å². The number of benzene rings is 1. The van der Waals surface area contributed by atoms with Gasteiger partial charge in [0.1, 0.15) is 0 Å². The van der Waals surface area contributed by atoms with E-state index in [4.69, 9.17) is 0 Å². The molecule has 0 saturated carbocycles. The fourth-order valence-corrected chi connectivity index (χ4v) is 2.97. The lowest BCUT2D eigenvalue weighted by atomic mass is 10.2. The highest BCUT2D eigenvalue weighted by Crippen LogP contribution is 2.25. The minimum atomic E-state index is -0.336. The van der Waals surface area contributed by atoms with Gasteiger partial charge in [0.25, 0.3) is 0 Å². The van der Waals surface area contributed by atoms with Crippen molar-refractivity contribution in [2.24, 2.45) is 0 Å². The van der Waals surface area contributed by atoms with Gasteiger partial charge in [-0.15, -0.1) is 10.2 Å². The number of nitrogens with zero attached hydrogens (tertiary/aromatic N) is 2. The van der Waals surface area contributed by atoms with Gasteiger partial charge in [0.2, 0.25) is 11.0 Å². The van der Waals surface area contributed by atoms with Gasteiger partial charge in [0, 0.05) is 6.08 Å². The van der Waals surface area contributed by atoms with Gasteiger partial charge in [0.15, 0.2) is 4.34 Å². The van der Waals surface area contributed by atoms with Crippen LogP contribution in [0.4, 0.5) is 5.13 Å². The second-order valence-corrected chi connectivity index (χ2v) is 6.17. The van der Waals surface area contributed by atoms with E-state index in [2.05, 4.69) is 20.3 Å². The first-order valence-electron chi connectivity index (χ1n) is 6.24. The van der Waals surface area contributed by atoms with Gasteiger partial charge in [-0.2, -0.15) is 0 Å². The van der Waals surface area contributed by atoms with Crippen LogP contribution < -0.4 is 5.32 Å². The highest BCUT2D eigenvalue weighted by Gasteiger charge is 2.09. The molecule has 1 N–H and O–H groups in total. The summed E-state index contributed by atoms with van der Waals surface area (Å²) in [5, 5.41) is 10.7. The summed E-state index contributed by atoms with van der Waals surface area (Å²) in [7, 11) is 1.33. The Morgan fingerprint density at radius 3 is 2.82 bits per heavy atom. The van der Waals surface area contributed by atoms with Gasteiger partial charge in [-0.05, 0) is 11.6 Å². The van der Waals surface area contributed by atoms with E-state index in [1.54, 1.807) is 6.08 Å². The van der Waals surface area contributed by atoms with Crippen LogP contribution in [0.5, 0.6) is 0 Å². The van der Waals surface area contributed by atoms with Crippen LogP contribution in [0.15, 0.2) is 40.7 Å². The van der Waals surface area contributed by atoms with Crippen LogP contribution in [0.25, 0.3) is 6.08 Å². The molecule has 0 spiro atoms. The number of carbonyl (C=O) groups is 2. The first-order valence-corrected chi connectivity index (χ1v) is 8.05. The van der Waals surface area contributed by atoms with Crippen molar-refractivity contribution in [3.8, 4) is 0 Å². The molecule has 0 radical (unpaired) electrons.